The minimum atomic E-state index is -0.726. The number of rotatable bonds is 6. The summed E-state index contributed by atoms with van der Waals surface area (Å²) in [5.41, 5.74) is 9.07. The van der Waals surface area contributed by atoms with Crippen molar-refractivity contribution >= 4 is 11.2 Å². The van der Waals surface area contributed by atoms with Gasteiger partial charge >= 0.3 is 0 Å². The van der Waals surface area contributed by atoms with Crippen LogP contribution >= 0.6 is 0 Å². The van der Waals surface area contributed by atoms with Gasteiger partial charge in [0.15, 0.2) is 0 Å². The summed E-state index contributed by atoms with van der Waals surface area (Å²) in [4.78, 5) is 11.2. The number of hydrogen-bond acceptors (Lipinski definition) is 7. The first-order valence-electron chi connectivity index (χ1n) is 13.5. The highest BCUT2D eigenvalue weighted by Crippen LogP contribution is 2.31. The second kappa shape index (κ2) is 10.9. The number of piperidine rings is 1. The van der Waals surface area contributed by atoms with Gasteiger partial charge in [-0.2, -0.15) is 5.10 Å². The Kier molecular flexibility index (Phi) is 7.14. The number of hydrogen-bond donors (Lipinski definition) is 1. The van der Waals surface area contributed by atoms with Gasteiger partial charge in [0, 0.05) is 74.2 Å². The standard InChI is InChI=1S/C29H32F2N6O2/c1-18-10-20(32)17-36(16-18)27-4-7-33-14-19(27)11-28-34-15-21-2-3-26(35-37(21)28)29-24(30)12-23(13-25(29)31)39-22-5-8-38-9-6-22/h2-4,7,12-15,18,20,22H,5-6,8-11,16-17,32H2,1H3/t18-,20+/m1/s1. The summed E-state index contributed by atoms with van der Waals surface area (Å²) < 4.78 is 43.2. The average molecular weight is 535 g/mol. The van der Waals surface area contributed by atoms with Gasteiger partial charge in [-0.25, -0.2) is 18.3 Å². The summed E-state index contributed by atoms with van der Waals surface area (Å²) in [6.07, 6.45) is 8.04. The molecule has 0 spiro atoms. The van der Waals surface area contributed by atoms with Crippen LogP contribution in [0.2, 0.25) is 0 Å². The van der Waals surface area contributed by atoms with Gasteiger partial charge in [0.2, 0.25) is 0 Å². The molecule has 2 fully saturated rings. The summed E-state index contributed by atoms with van der Waals surface area (Å²) in [6, 6.07) is 7.93. The minimum Gasteiger partial charge on any atom is -0.490 e. The van der Waals surface area contributed by atoms with Gasteiger partial charge in [0.1, 0.15) is 29.3 Å². The maximum absolute atomic E-state index is 15.2. The number of nitrogens with zero attached hydrogens (tertiary/aromatic N) is 5. The Bertz CT molecular complexity index is 1440. The molecule has 0 unspecified atom stereocenters. The number of imidazole rings is 1. The van der Waals surface area contributed by atoms with E-state index >= 15 is 8.78 Å². The van der Waals surface area contributed by atoms with Crippen molar-refractivity contribution in [1.29, 1.82) is 0 Å². The van der Waals surface area contributed by atoms with E-state index in [4.69, 9.17) is 15.2 Å². The summed E-state index contributed by atoms with van der Waals surface area (Å²) in [6.45, 7) is 5.07. The van der Waals surface area contributed by atoms with E-state index in [2.05, 4.69) is 26.9 Å². The Hall–Kier alpha value is -3.63. The lowest BCUT2D eigenvalue weighted by molar-refractivity contribution is 0.0253. The third kappa shape index (κ3) is 5.44. The second-order valence-corrected chi connectivity index (χ2v) is 10.6. The molecule has 5 heterocycles. The van der Waals surface area contributed by atoms with E-state index in [0.717, 1.165) is 36.3 Å². The number of anilines is 1. The van der Waals surface area contributed by atoms with Gasteiger partial charge < -0.3 is 20.1 Å². The highest BCUT2D eigenvalue weighted by atomic mass is 19.1. The summed E-state index contributed by atoms with van der Waals surface area (Å²) in [5, 5.41) is 4.60. The summed E-state index contributed by atoms with van der Waals surface area (Å²) >= 11 is 0. The first-order chi connectivity index (χ1) is 18.9. The van der Waals surface area contributed by atoms with Crippen LogP contribution in [0.5, 0.6) is 5.75 Å². The maximum atomic E-state index is 15.2. The molecule has 0 aliphatic carbocycles. The Morgan fingerprint density at radius 3 is 2.64 bits per heavy atom. The normalized spacial score (nSPS) is 20.5. The van der Waals surface area contributed by atoms with Crippen molar-refractivity contribution in [1.82, 2.24) is 19.6 Å². The van der Waals surface area contributed by atoms with Gasteiger partial charge in [-0.15, -0.1) is 0 Å². The summed E-state index contributed by atoms with van der Waals surface area (Å²) in [7, 11) is 0. The fourth-order valence-electron chi connectivity index (χ4n) is 5.67. The third-order valence-electron chi connectivity index (χ3n) is 7.46. The highest BCUT2D eigenvalue weighted by Gasteiger charge is 2.25. The van der Waals surface area contributed by atoms with Gasteiger partial charge in [-0.1, -0.05) is 6.92 Å². The van der Waals surface area contributed by atoms with Crippen molar-refractivity contribution in [3.63, 3.8) is 0 Å². The molecule has 0 amide bonds. The molecule has 2 aliphatic rings. The van der Waals surface area contributed by atoms with Gasteiger partial charge in [-0.3, -0.25) is 4.98 Å². The van der Waals surface area contributed by atoms with E-state index < -0.39 is 11.6 Å². The van der Waals surface area contributed by atoms with E-state index in [1.807, 2.05) is 12.3 Å². The van der Waals surface area contributed by atoms with Crippen LogP contribution in [-0.4, -0.2) is 58.0 Å². The van der Waals surface area contributed by atoms with Gasteiger partial charge in [-0.05, 0) is 30.5 Å². The molecule has 6 rings (SSSR count). The van der Waals surface area contributed by atoms with E-state index in [-0.39, 0.29) is 29.2 Å². The molecule has 2 saturated heterocycles. The number of ether oxygens (including phenoxy) is 2. The molecule has 4 aromatic rings. The number of aromatic nitrogens is 4. The van der Waals surface area contributed by atoms with Crippen LogP contribution < -0.4 is 15.4 Å². The largest absolute Gasteiger partial charge is 0.490 e. The topological polar surface area (TPSA) is 90.8 Å². The Morgan fingerprint density at radius 1 is 1.08 bits per heavy atom. The zero-order valence-electron chi connectivity index (χ0n) is 21.9. The van der Waals surface area contributed by atoms with Crippen LogP contribution in [-0.2, 0) is 11.2 Å². The van der Waals surface area contributed by atoms with Crippen molar-refractivity contribution in [2.45, 2.75) is 44.8 Å². The molecule has 0 bridgehead atoms. The number of fused-ring (bicyclic) bond motifs is 1. The molecule has 1 aromatic carbocycles. The zero-order chi connectivity index (χ0) is 26.9. The van der Waals surface area contributed by atoms with E-state index in [9.17, 15) is 0 Å². The van der Waals surface area contributed by atoms with Crippen LogP contribution in [0.25, 0.3) is 16.8 Å². The molecule has 2 aliphatic heterocycles. The Morgan fingerprint density at radius 2 is 1.87 bits per heavy atom. The molecule has 2 atom stereocenters. The predicted molar refractivity (Wildman–Crippen MR) is 144 cm³/mol. The van der Waals surface area contributed by atoms with Crippen LogP contribution in [0.4, 0.5) is 14.5 Å². The molecule has 0 radical (unpaired) electrons. The lowest BCUT2D eigenvalue weighted by atomic mass is 9.95. The summed E-state index contributed by atoms with van der Waals surface area (Å²) in [5.74, 6) is -0.146. The molecule has 0 saturated carbocycles. The van der Waals surface area contributed by atoms with Crippen molar-refractivity contribution in [3.05, 3.63) is 71.9 Å². The maximum Gasteiger partial charge on any atom is 0.139 e. The van der Waals surface area contributed by atoms with Gasteiger partial charge in [0.25, 0.3) is 0 Å². The Balaban J connectivity index is 1.29. The SMILES string of the molecule is C[C@@H]1C[C@H](N)CN(c2ccncc2Cc2ncc3ccc(-c4c(F)cc(OC5CCOCC5)cc4F)nn23)C1. The second-order valence-electron chi connectivity index (χ2n) is 10.6. The lowest BCUT2D eigenvalue weighted by Crippen LogP contribution is -2.46. The van der Waals surface area contributed by atoms with Crippen molar-refractivity contribution in [2.24, 2.45) is 11.7 Å². The van der Waals surface area contributed by atoms with Crippen molar-refractivity contribution in [2.75, 3.05) is 31.2 Å². The van der Waals surface area contributed by atoms with Crippen molar-refractivity contribution in [3.8, 4) is 17.0 Å². The van der Waals surface area contributed by atoms with E-state index in [1.165, 1.54) is 12.1 Å². The van der Waals surface area contributed by atoms with Gasteiger partial charge in [0.05, 0.1) is 36.2 Å². The highest BCUT2D eigenvalue weighted by molar-refractivity contribution is 5.64. The minimum absolute atomic E-state index is 0.115. The zero-order valence-corrected chi connectivity index (χ0v) is 21.9. The fourth-order valence-corrected chi connectivity index (χ4v) is 5.67. The number of halogens is 2. The molecule has 39 heavy (non-hydrogen) atoms. The van der Waals surface area contributed by atoms with E-state index in [1.54, 1.807) is 29.0 Å². The van der Waals surface area contributed by atoms with Crippen molar-refractivity contribution < 1.29 is 18.3 Å². The average Bonchev–Trinajstić information content (AvgIpc) is 3.30. The fraction of sp³-hybridized carbons (Fsp3) is 0.414. The number of benzene rings is 1. The molecular formula is C29H32F2N6O2. The molecule has 10 heteroatoms. The van der Waals surface area contributed by atoms with Crippen LogP contribution in [0, 0.1) is 17.6 Å². The molecule has 2 N–H and O–H groups in total. The first kappa shape index (κ1) is 25.6. The molecule has 204 valence electrons. The molecule has 3 aromatic heterocycles. The lowest BCUT2D eigenvalue weighted by Gasteiger charge is -2.37. The quantitative estimate of drug-likeness (QED) is 0.392. The third-order valence-corrected chi connectivity index (χ3v) is 7.46. The number of nitrogens with two attached hydrogens (primary N) is 1. The Labute approximate surface area is 225 Å². The first-order valence-corrected chi connectivity index (χ1v) is 13.5. The molecular weight excluding hydrogens is 502 g/mol. The number of pyridine rings is 1. The predicted octanol–water partition coefficient (Wildman–Crippen LogP) is 4.39. The van der Waals surface area contributed by atoms with E-state index in [0.29, 0.717) is 44.2 Å². The monoisotopic (exact) mass is 534 g/mol. The molecule has 8 nitrogen and oxygen atoms in total. The smallest absolute Gasteiger partial charge is 0.139 e. The van der Waals surface area contributed by atoms with Crippen LogP contribution in [0.15, 0.2) is 48.9 Å². The van der Waals surface area contributed by atoms with Crippen LogP contribution in [0.3, 0.4) is 0 Å². The van der Waals surface area contributed by atoms with Crippen LogP contribution in [0.1, 0.15) is 37.6 Å².